The first kappa shape index (κ1) is 20.9. The highest BCUT2D eigenvalue weighted by molar-refractivity contribution is 5.80. The van der Waals surface area contributed by atoms with Crippen LogP contribution in [0.4, 0.5) is 5.69 Å². The highest BCUT2D eigenvalue weighted by atomic mass is 15.2. The van der Waals surface area contributed by atoms with Crippen LogP contribution in [0.5, 0.6) is 0 Å². The summed E-state index contributed by atoms with van der Waals surface area (Å²) in [6, 6.07) is 9.00. The van der Waals surface area contributed by atoms with Gasteiger partial charge in [-0.05, 0) is 50.1 Å². The van der Waals surface area contributed by atoms with E-state index in [1.54, 1.807) is 0 Å². The maximum absolute atomic E-state index is 3.77. The normalized spacial score (nSPS) is 23.0. The second-order valence-corrected chi connectivity index (χ2v) is 8.56. The van der Waals surface area contributed by atoms with Crippen LogP contribution in [-0.4, -0.2) is 62.2 Å². The molecule has 3 N–H and O–H groups in total. The zero-order valence-corrected chi connectivity index (χ0v) is 18.7. The third kappa shape index (κ3) is 4.36. The van der Waals surface area contributed by atoms with Gasteiger partial charge in [-0.25, -0.2) is 0 Å². The fourth-order valence-corrected chi connectivity index (χ4v) is 4.77. The van der Waals surface area contributed by atoms with Crippen molar-refractivity contribution in [2.24, 2.45) is 5.92 Å². The minimum Gasteiger partial charge on any atom is -0.374 e. The molecule has 0 saturated carbocycles. The molecular weight excluding hydrogens is 370 g/mol. The van der Waals surface area contributed by atoms with Gasteiger partial charge in [0.2, 0.25) is 0 Å². The van der Waals surface area contributed by atoms with Crippen LogP contribution in [0.2, 0.25) is 0 Å². The third-order valence-corrected chi connectivity index (χ3v) is 6.72. The Morgan fingerprint density at radius 3 is 2.77 bits per heavy atom. The lowest BCUT2D eigenvalue weighted by Crippen LogP contribution is -2.40. The van der Waals surface area contributed by atoms with E-state index in [0.29, 0.717) is 0 Å². The van der Waals surface area contributed by atoms with Crippen molar-refractivity contribution >= 4 is 11.4 Å². The Kier molecular flexibility index (Phi) is 6.68. The molecular formula is C25H37N5. The maximum Gasteiger partial charge on any atom is 0.102 e. The number of para-hydroxylation sites is 1. The first-order valence-electron chi connectivity index (χ1n) is 11.6. The van der Waals surface area contributed by atoms with Crippen molar-refractivity contribution in [2.45, 2.75) is 32.7 Å². The van der Waals surface area contributed by atoms with Gasteiger partial charge in [-0.1, -0.05) is 37.6 Å². The van der Waals surface area contributed by atoms with Gasteiger partial charge in [-0.15, -0.1) is 0 Å². The van der Waals surface area contributed by atoms with Crippen LogP contribution in [0.25, 0.3) is 5.70 Å². The summed E-state index contributed by atoms with van der Waals surface area (Å²) in [5, 5.41) is 10.7. The summed E-state index contributed by atoms with van der Waals surface area (Å²) in [7, 11) is 2.01. The van der Waals surface area contributed by atoms with Crippen LogP contribution >= 0.6 is 0 Å². The molecule has 3 heterocycles. The summed E-state index contributed by atoms with van der Waals surface area (Å²) >= 11 is 0. The van der Waals surface area contributed by atoms with E-state index in [-0.39, 0.29) is 6.04 Å². The summed E-state index contributed by atoms with van der Waals surface area (Å²) in [5.41, 5.74) is 5.39. The molecule has 0 aromatic heterocycles. The Bertz CT molecular complexity index is 825. The lowest BCUT2D eigenvalue weighted by molar-refractivity contribution is 0.337. The van der Waals surface area contributed by atoms with Crippen molar-refractivity contribution in [1.29, 1.82) is 0 Å². The number of anilines is 1. The van der Waals surface area contributed by atoms with E-state index in [4.69, 9.17) is 0 Å². The highest BCUT2D eigenvalue weighted by Gasteiger charge is 2.29. The second kappa shape index (κ2) is 9.61. The summed E-state index contributed by atoms with van der Waals surface area (Å²) in [4.78, 5) is 5.00. The average Bonchev–Trinajstić information content (AvgIpc) is 3.28. The van der Waals surface area contributed by atoms with Crippen molar-refractivity contribution in [3.8, 4) is 0 Å². The predicted octanol–water partition coefficient (Wildman–Crippen LogP) is 3.47. The first-order valence-corrected chi connectivity index (χ1v) is 11.6. The summed E-state index contributed by atoms with van der Waals surface area (Å²) < 4.78 is 0. The van der Waals surface area contributed by atoms with Crippen LogP contribution in [0.1, 0.15) is 32.3 Å². The minimum absolute atomic E-state index is 0.230. The van der Waals surface area contributed by atoms with Gasteiger partial charge in [0.1, 0.15) is 5.82 Å². The van der Waals surface area contributed by atoms with Gasteiger partial charge >= 0.3 is 0 Å². The highest BCUT2D eigenvalue weighted by Crippen LogP contribution is 2.36. The number of likely N-dealkylation sites (tertiary alicyclic amines) is 1. The zero-order valence-electron chi connectivity index (χ0n) is 18.7. The summed E-state index contributed by atoms with van der Waals surface area (Å²) in [6.07, 6.45) is 9.59. The fraction of sp³-hybridized carbons (Fsp3) is 0.520. The number of nitrogens with zero attached hydrogens (tertiary/aromatic N) is 2. The van der Waals surface area contributed by atoms with E-state index in [0.717, 1.165) is 32.1 Å². The molecule has 0 bridgehead atoms. The zero-order chi connectivity index (χ0) is 20.9. The molecule has 2 unspecified atom stereocenters. The monoisotopic (exact) mass is 407 g/mol. The standard InChI is InChI=1S/C25H37N5/c1-4-19-12-14-30(18-19)24-16-23(28-22-9-7-6-8-21(22)24)20-10-11-25(27-17-20)29(5-2)15-13-26-3/h6-11,16,19,23,26-28H,4-5,12-15,17-18H2,1-3H3. The number of hydrogen-bond acceptors (Lipinski definition) is 5. The number of allylic oxidation sites excluding steroid dienone is 2. The minimum atomic E-state index is 0.230. The van der Waals surface area contributed by atoms with Crippen molar-refractivity contribution in [2.75, 3.05) is 51.6 Å². The number of rotatable bonds is 8. The van der Waals surface area contributed by atoms with Gasteiger partial charge in [0.15, 0.2) is 0 Å². The Labute approximate surface area is 181 Å². The summed E-state index contributed by atoms with van der Waals surface area (Å²) in [6.45, 7) is 10.8. The Hall–Kier alpha value is -2.40. The van der Waals surface area contributed by atoms with E-state index in [9.17, 15) is 0 Å². The Morgan fingerprint density at radius 1 is 1.20 bits per heavy atom. The molecule has 0 amide bonds. The van der Waals surface area contributed by atoms with Gasteiger partial charge in [0.25, 0.3) is 0 Å². The van der Waals surface area contributed by atoms with E-state index in [1.807, 2.05) is 7.05 Å². The maximum atomic E-state index is 3.77. The van der Waals surface area contributed by atoms with Gasteiger partial charge in [0.05, 0.1) is 6.04 Å². The van der Waals surface area contributed by atoms with Gasteiger partial charge in [-0.2, -0.15) is 0 Å². The van der Waals surface area contributed by atoms with Crippen molar-refractivity contribution in [3.63, 3.8) is 0 Å². The van der Waals surface area contributed by atoms with E-state index in [1.165, 1.54) is 54.3 Å². The molecule has 0 radical (unpaired) electrons. The largest absolute Gasteiger partial charge is 0.374 e. The van der Waals surface area contributed by atoms with E-state index >= 15 is 0 Å². The molecule has 3 aliphatic heterocycles. The van der Waals surface area contributed by atoms with E-state index in [2.05, 4.69) is 82.1 Å². The summed E-state index contributed by atoms with van der Waals surface area (Å²) in [5.74, 6) is 2.05. The van der Waals surface area contributed by atoms with Gasteiger partial charge in [0, 0.05) is 56.2 Å². The number of benzene rings is 1. The molecule has 5 heteroatoms. The Balaban J connectivity index is 1.56. The van der Waals surface area contributed by atoms with Crippen LogP contribution in [-0.2, 0) is 0 Å². The predicted molar refractivity (Wildman–Crippen MR) is 127 cm³/mol. The molecule has 1 saturated heterocycles. The van der Waals surface area contributed by atoms with Crippen LogP contribution < -0.4 is 16.0 Å². The topological polar surface area (TPSA) is 42.6 Å². The fourth-order valence-electron chi connectivity index (χ4n) is 4.77. The number of hydrogen-bond donors (Lipinski definition) is 3. The average molecular weight is 408 g/mol. The van der Waals surface area contributed by atoms with Crippen molar-refractivity contribution in [1.82, 2.24) is 20.4 Å². The number of likely N-dealkylation sites (N-methyl/N-ethyl adjacent to an activating group) is 2. The number of fused-ring (bicyclic) bond motifs is 1. The van der Waals surface area contributed by atoms with E-state index < -0.39 is 0 Å². The molecule has 1 fully saturated rings. The van der Waals surface area contributed by atoms with Gasteiger partial charge < -0.3 is 25.8 Å². The lowest BCUT2D eigenvalue weighted by atomic mass is 9.95. The molecule has 2 atom stereocenters. The van der Waals surface area contributed by atoms with Gasteiger partial charge in [-0.3, -0.25) is 0 Å². The molecule has 162 valence electrons. The molecule has 3 aliphatic rings. The quantitative estimate of drug-likeness (QED) is 0.616. The smallest absolute Gasteiger partial charge is 0.102 e. The molecule has 4 rings (SSSR count). The van der Waals surface area contributed by atoms with Crippen LogP contribution in [0.3, 0.4) is 0 Å². The third-order valence-electron chi connectivity index (χ3n) is 6.72. The van der Waals surface area contributed by atoms with Crippen LogP contribution in [0.15, 0.2) is 53.9 Å². The van der Waals surface area contributed by atoms with Crippen molar-refractivity contribution < 1.29 is 0 Å². The molecule has 5 nitrogen and oxygen atoms in total. The van der Waals surface area contributed by atoms with Crippen molar-refractivity contribution in [3.05, 3.63) is 59.5 Å². The Morgan fingerprint density at radius 2 is 2.07 bits per heavy atom. The second-order valence-electron chi connectivity index (χ2n) is 8.56. The number of nitrogens with one attached hydrogen (secondary N) is 3. The molecule has 1 aromatic rings. The number of dihydropyridines is 1. The molecule has 30 heavy (non-hydrogen) atoms. The lowest BCUT2D eigenvalue weighted by Gasteiger charge is -2.35. The molecule has 0 spiro atoms. The molecule has 1 aromatic carbocycles. The molecule has 0 aliphatic carbocycles. The van der Waals surface area contributed by atoms with Crippen LogP contribution in [0, 0.1) is 5.92 Å². The SMILES string of the molecule is CCC1CCN(C2=CC(C3=CC=C(N(CC)CCNC)NC3)Nc3ccccc32)C1. The first-order chi connectivity index (χ1) is 14.7.